The summed E-state index contributed by atoms with van der Waals surface area (Å²) < 4.78 is 1.25. The maximum atomic E-state index is 12.7. The Hall–Kier alpha value is -2.28. The Bertz CT molecular complexity index is 992. The molecular formula is C25H30N4OS. The summed E-state index contributed by atoms with van der Waals surface area (Å²) in [5.41, 5.74) is 3.29. The molecule has 31 heavy (non-hydrogen) atoms. The van der Waals surface area contributed by atoms with Crippen LogP contribution in [0.15, 0.2) is 48.5 Å². The topological polar surface area (TPSA) is 48.5 Å². The Morgan fingerprint density at radius 2 is 1.77 bits per heavy atom. The minimum absolute atomic E-state index is 0.0669. The van der Waals surface area contributed by atoms with Gasteiger partial charge in [0.15, 0.2) is 0 Å². The van der Waals surface area contributed by atoms with Crippen LogP contribution >= 0.6 is 11.3 Å². The van der Waals surface area contributed by atoms with E-state index in [1.807, 2.05) is 18.2 Å². The van der Waals surface area contributed by atoms with Crippen molar-refractivity contribution in [1.82, 2.24) is 14.8 Å². The number of fused-ring (bicyclic) bond motifs is 1. The van der Waals surface area contributed by atoms with E-state index < -0.39 is 0 Å². The first-order chi connectivity index (χ1) is 15.2. The van der Waals surface area contributed by atoms with Crippen LogP contribution in [0.3, 0.4) is 0 Å². The van der Waals surface area contributed by atoms with Crippen LogP contribution in [-0.4, -0.2) is 53.4 Å². The SMILES string of the molecule is O=C(CN1CCC[C@@H](c2nc3ccccc3s2)C1)Nc1ccc(CN2CCCC2)cc1. The number of likely N-dealkylation sites (tertiary alicyclic amines) is 2. The number of rotatable bonds is 6. The predicted molar refractivity (Wildman–Crippen MR) is 128 cm³/mol. The average Bonchev–Trinajstić information content (AvgIpc) is 3.45. The summed E-state index contributed by atoms with van der Waals surface area (Å²) in [6.45, 7) is 5.73. The highest BCUT2D eigenvalue weighted by atomic mass is 32.1. The number of carbonyl (C=O) groups is 1. The molecule has 0 saturated carbocycles. The number of para-hydroxylation sites is 1. The second kappa shape index (κ2) is 9.47. The van der Waals surface area contributed by atoms with Gasteiger partial charge in [0.1, 0.15) is 0 Å². The first kappa shape index (κ1) is 20.6. The molecular weight excluding hydrogens is 404 g/mol. The van der Waals surface area contributed by atoms with Crippen molar-refractivity contribution in [2.75, 3.05) is 38.0 Å². The molecule has 2 saturated heterocycles. The number of anilines is 1. The Morgan fingerprint density at radius 3 is 2.58 bits per heavy atom. The smallest absolute Gasteiger partial charge is 0.238 e. The van der Waals surface area contributed by atoms with Crippen molar-refractivity contribution in [2.24, 2.45) is 0 Å². The second-order valence-electron chi connectivity index (χ2n) is 8.82. The maximum absolute atomic E-state index is 12.7. The number of nitrogens with one attached hydrogen (secondary N) is 1. The van der Waals surface area contributed by atoms with E-state index in [-0.39, 0.29) is 5.91 Å². The molecule has 2 aliphatic heterocycles. The summed E-state index contributed by atoms with van der Waals surface area (Å²) in [5.74, 6) is 0.487. The molecule has 162 valence electrons. The Kier molecular flexibility index (Phi) is 6.30. The normalized spacial score (nSPS) is 20.3. The summed E-state index contributed by atoms with van der Waals surface area (Å²) in [4.78, 5) is 22.3. The molecule has 3 aromatic rings. The number of thiazole rings is 1. The van der Waals surface area contributed by atoms with Gasteiger partial charge in [0, 0.05) is 24.7 Å². The van der Waals surface area contributed by atoms with Gasteiger partial charge in [-0.3, -0.25) is 14.6 Å². The Morgan fingerprint density at radius 1 is 1.00 bits per heavy atom. The first-order valence-electron chi connectivity index (χ1n) is 11.4. The van der Waals surface area contributed by atoms with Crippen LogP contribution in [-0.2, 0) is 11.3 Å². The Balaban J connectivity index is 1.14. The van der Waals surface area contributed by atoms with Gasteiger partial charge in [-0.15, -0.1) is 11.3 Å². The highest BCUT2D eigenvalue weighted by molar-refractivity contribution is 7.18. The first-order valence-corrected chi connectivity index (χ1v) is 12.2. The number of aromatic nitrogens is 1. The van der Waals surface area contributed by atoms with E-state index in [2.05, 4.69) is 45.4 Å². The molecule has 0 spiro atoms. The quantitative estimate of drug-likeness (QED) is 0.610. The number of amides is 1. The number of benzene rings is 2. The molecule has 0 radical (unpaired) electrons. The third kappa shape index (κ3) is 5.14. The summed E-state index contributed by atoms with van der Waals surface area (Å²) in [6, 6.07) is 16.7. The number of hydrogen-bond donors (Lipinski definition) is 1. The molecule has 3 heterocycles. The van der Waals surface area contributed by atoms with Gasteiger partial charge in [0.05, 0.1) is 21.8 Å². The highest BCUT2D eigenvalue weighted by Crippen LogP contribution is 2.32. The number of carbonyl (C=O) groups excluding carboxylic acids is 1. The van der Waals surface area contributed by atoms with Gasteiger partial charge in [-0.05, 0) is 75.1 Å². The number of nitrogens with zero attached hydrogens (tertiary/aromatic N) is 3. The minimum Gasteiger partial charge on any atom is -0.325 e. The highest BCUT2D eigenvalue weighted by Gasteiger charge is 2.25. The zero-order valence-corrected chi connectivity index (χ0v) is 18.7. The van der Waals surface area contributed by atoms with Gasteiger partial charge in [-0.2, -0.15) is 0 Å². The van der Waals surface area contributed by atoms with Crippen LogP contribution in [0.25, 0.3) is 10.2 Å². The largest absolute Gasteiger partial charge is 0.325 e. The summed E-state index contributed by atoms with van der Waals surface area (Å²) in [5, 5.41) is 4.29. The van der Waals surface area contributed by atoms with Crippen molar-refractivity contribution in [2.45, 2.75) is 38.1 Å². The van der Waals surface area contributed by atoms with Crippen molar-refractivity contribution >= 4 is 33.1 Å². The van der Waals surface area contributed by atoms with Crippen molar-refractivity contribution in [3.63, 3.8) is 0 Å². The third-order valence-corrected chi connectivity index (χ3v) is 7.57. The second-order valence-corrected chi connectivity index (χ2v) is 9.88. The van der Waals surface area contributed by atoms with Crippen LogP contribution in [0.1, 0.15) is 42.2 Å². The number of piperidine rings is 1. The van der Waals surface area contributed by atoms with Gasteiger partial charge in [-0.1, -0.05) is 24.3 Å². The lowest BCUT2D eigenvalue weighted by Crippen LogP contribution is -2.39. The molecule has 2 fully saturated rings. The summed E-state index contributed by atoms with van der Waals surface area (Å²) in [7, 11) is 0. The van der Waals surface area contributed by atoms with Gasteiger partial charge < -0.3 is 5.32 Å². The van der Waals surface area contributed by atoms with Crippen molar-refractivity contribution in [3.05, 3.63) is 59.1 Å². The molecule has 0 aliphatic carbocycles. The van der Waals surface area contributed by atoms with Gasteiger partial charge >= 0.3 is 0 Å². The zero-order valence-electron chi connectivity index (χ0n) is 17.9. The molecule has 0 unspecified atom stereocenters. The van der Waals surface area contributed by atoms with Crippen molar-refractivity contribution in [1.29, 1.82) is 0 Å². The fraction of sp³-hybridized carbons (Fsp3) is 0.440. The molecule has 0 bridgehead atoms. The van der Waals surface area contributed by atoms with E-state index in [1.54, 1.807) is 11.3 Å². The van der Waals surface area contributed by atoms with Crippen molar-refractivity contribution < 1.29 is 4.79 Å². The summed E-state index contributed by atoms with van der Waals surface area (Å²) in [6.07, 6.45) is 4.88. The van der Waals surface area contributed by atoms with Crippen LogP contribution in [0, 0.1) is 0 Å². The molecule has 1 aromatic heterocycles. The van der Waals surface area contributed by atoms with E-state index in [1.165, 1.54) is 41.2 Å². The van der Waals surface area contributed by atoms with Gasteiger partial charge in [0.2, 0.25) is 5.91 Å². The average molecular weight is 435 g/mol. The molecule has 1 amide bonds. The predicted octanol–water partition coefficient (Wildman–Crippen LogP) is 4.71. The molecule has 2 aliphatic rings. The van der Waals surface area contributed by atoms with Crippen LogP contribution in [0.5, 0.6) is 0 Å². The van der Waals surface area contributed by atoms with E-state index in [4.69, 9.17) is 4.98 Å². The molecule has 5 nitrogen and oxygen atoms in total. The van der Waals surface area contributed by atoms with E-state index in [0.717, 1.165) is 43.7 Å². The van der Waals surface area contributed by atoms with Crippen LogP contribution in [0.4, 0.5) is 5.69 Å². The molecule has 5 rings (SSSR count). The van der Waals surface area contributed by atoms with Crippen LogP contribution in [0.2, 0.25) is 0 Å². The lowest BCUT2D eigenvalue weighted by atomic mass is 9.99. The summed E-state index contributed by atoms with van der Waals surface area (Å²) >= 11 is 1.80. The molecule has 1 N–H and O–H groups in total. The molecule has 1 atom stereocenters. The molecule has 6 heteroatoms. The fourth-order valence-electron chi connectivity index (χ4n) is 4.76. The number of hydrogen-bond acceptors (Lipinski definition) is 5. The monoisotopic (exact) mass is 434 g/mol. The van der Waals surface area contributed by atoms with Gasteiger partial charge in [0.25, 0.3) is 0 Å². The fourth-order valence-corrected chi connectivity index (χ4v) is 5.85. The molecule has 2 aromatic carbocycles. The van der Waals surface area contributed by atoms with Crippen molar-refractivity contribution in [3.8, 4) is 0 Å². The lowest BCUT2D eigenvalue weighted by Gasteiger charge is -2.31. The van der Waals surface area contributed by atoms with Gasteiger partial charge in [-0.25, -0.2) is 4.98 Å². The minimum atomic E-state index is 0.0669. The Labute approximate surface area is 188 Å². The van der Waals surface area contributed by atoms with E-state index in [9.17, 15) is 4.79 Å². The lowest BCUT2D eigenvalue weighted by molar-refractivity contribution is -0.117. The van der Waals surface area contributed by atoms with Crippen LogP contribution < -0.4 is 5.32 Å². The van der Waals surface area contributed by atoms with E-state index in [0.29, 0.717) is 12.5 Å². The van der Waals surface area contributed by atoms with E-state index >= 15 is 0 Å². The zero-order chi connectivity index (χ0) is 21.0. The maximum Gasteiger partial charge on any atom is 0.238 e. The third-order valence-electron chi connectivity index (χ3n) is 6.37. The standard InChI is InChI=1S/C25H30N4OS/c30-24(26-21-11-9-19(10-12-21)16-28-13-3-4-14-28)18-29-15-5-6-20(17-29)25-27-22-7-1-2-8-23(22)31-25/h1-2,7-12,20H,3-6,13-18H2,(H,26,30)/t20-/m1/s1.